The summed E-state index contributed by atoms with van der Waals surface area (Å²) in [5.74, 6) is 0.542. The summed E-state index contributed by atoms with van der Waals surface area (Å²) in [7, 11) is 1.75. The van der Waals surface area contributed by atoms with Crippen LogP contribution in [0.4, 0.5) is 4.39 Å². The molecular weight excluding hydrogens is 289 g/mol. The highest BCUT2D eigenvalue weighted by Crippen LogP contribution is 2.05. The van der Waals surface area contributed by atoms with Gasteiger partial charge in [-0.3, -0.25) is 4.99 Å². The van der Waals surface area contributed by atoms with E-state index < -0.39 is 0 Å². The van der Waals surface area contributed by atoms with Crippen molar-refractivity contribution in [1.29, 1.82) is 0 Å². The lowest BCUT2D eigenvalue weighted by molar-refractivity contribution is 0.593. The molecule has 2 N–H and O–H groups in total. The minimum Gasteiger partial charge on any atom is -0.354 e. The summed E-state index contributed by atoms with van der Waals surface area (Å²) < 4.78 is 12.9. The average Bonchev–Trinajstić information content (AvgIpc) is 2.59. The first kappa shape index (κ1) is 17.0. The number of rotatable bonds is 6. The van der Waals surface area contributed by atoms with Crippen molar-refractivity contribution >= 4 is 5.96 Å². The second kappa shape index (κ2) is 8.93. The minimum atomic E-state index is -0.217. The Balaban J connectivity index is 1.76. The van der Waals surface area contributed by atoms with E-state index in [0.29, 0.717) is 12.6 Å². The summed E-state index contributed by atoms with van der Waals surface area (Å²) in [5.41, 5.74) is 2.36. The number of nitrogens with zero attached hydrogens (tertiary/aromatic N) is 1. The molecule has 2 aromatic carbocycles. The minimum absolute atomic E-state index is 0.217. The molecule has 122 valence electrons. The number of nitrogens with one attached hydrogen (secondary N) is 2. The molecule has 4 heteroatoms. The van der Waals surface area contributed by atoms with Crippen LogP contribution < -0.4 is 10.6 Å². The first-order chi connectivity index (χ1) is 11.2. The molecule has 1 unspecified atom stereocenters. The van der Waals surface area contributed by atoms with Gasteiger partial charge in [-0.1, -0.05) is 42.5 Å². The summed E-state index contributed by atoms with van der Waals surface area (Å²) in [6, 6.07) is 17.3. The number of guanidine groups is 1. The molecule has 0 saturated carbocycles. The standard InChI is InChI=1S/C19H24FN3/c1-15(8-9-16-6-4-3-5-7-16)23-19(21-2)22-14-17-10-12-18(20)13-11-17/h3-7,10-13,15H,8-9,14H2,1-2H3,(H2,21,22,23). The number of halogens is 1. The molecular formula is C19H24FN3. The fraction of sp³-hybridized carbons (Fsp3) is 0.316. The van der Waals surface area contributed by atoms with Crippen molar-refractivity contribution in [2.45, 2.75) is 32.4 Å². The van der Waals surface area contributed by atoms with Gasteiger partial charge in [0.2, 0.25) is 0 Å². The summed E-state index contributed by atoms with van der Waals surface area (Å²) in [6.45, 7) is 2.76. The van der Waals surface area contributed by atoms with Gasteiger partial charge in [0.25, 0.3) is 0 Å². The summed E-state index contributed by atoms with van der Waals surface area (Å²) in [4.78, 5) is 4.24. The lowest BCUT2D eigenvalue weighted by Crippen LogP contribution is -2.42. The molecule has 0 heterocycles. The van der Waals surface area contributed by atoms with Crippen molar-refractivity contribution in [3.8, 4) is 0 Å². The van der Waals surface area contributed by atoms with E-state index >= 15 is 0 Å². The van der Waals surface area contributed by atoms with E-state index in [2.05, 4.69) is 46.8 Å². The molecule has 0 saturated heterocycles. The van der Waals surface area contributed by atoms with Crippen LogP contribution in [0.1, 0.15) is 24.5 Å². The highest BCUT2D eigenvalue weighted by molar-refractivity contribution is 5.79. The number of aryl methyl sites for hydroxylation is 1. The van der Waals surface area contributed by atoms with Crippen LogP contribution in [0.2, 0.25) is 0 Å². The number of hydrogen-bond donors (Lipinski definition) is 2. The van der Waals surface area contributed by atoms with Crippen molar-refractivity contribution in [3.05, 3.63) is 71.5 Å². The number of benzene rings is 2. The Labute approximate surface area is 137 Å². The van der Waals surface area contributed by atoms with E-state index in [0.717, 1.165) is 24.4 Å². The highest BCUT2D eigenvalue weighted by atomic mass is 19.1. The summed E-state index contributed by atoms with van der Waals surface area (Å²) >= 11 is 0. The van der Waals surface area contributed by atoms with Gasteiger partial charge < -0.3 is 10.6 Å². The predicted octanol–water partition coefficient (Wildman–Crippen LogP) is 3.51. The van der Waals surface area contributed by atoms with Crippen LogP contribution >= 0.6 is 0 Å². The highest BCUT2D eigenvalue weighted by Gasteiger charge is 2.05. The van der Waals surface area contributed by atoms with Crippen LogP contribution in [0.5, 0.6) is 0 Å². The van der Waals surface area contributed by atoms with Crippen LogP contribution in [-0.4, -0.2) is 19.0 Å². The Morgan fingerprint density at radius 2 is 1.74 bits per heavy atom. The molecule has 0 spiro atoms. The number of hydrogen-bond acceptors (Lipinski definition) is 1. The lowest BCUT2D eigenvalue weighted by atomic mass is 10.1. The maximum Gasteiger partial charge on any atom is 0.191 e. The zero-order chi connectivity index (χ0) is 16.5. The van der Waals surface area contributed by atoms with Crippen LogP contribution in [0.3, 0.4) is 0 Å². The Hall–Kier alpha value is -2.36. The van der Waals surface area contributed by atoms with Gasteiger partial charge in [-0.2, -0.15) is 0 Å². The molecule has 0 bridgehead atoms. The first-order valence-corrected chi connectivity index (χ1v) is 7.93. The van der Waals surface area contributed by atoms with Gasteiger partial charge in [0.05, 0.1) is 0 Å². The van der Waals surface area contributed by atoms with Crippen molar-refractivity contribution in [3.63, 3.8) is 0 Å². The van der Waals surface area contributed by atoms with Crippen molar-refractivity contribution in [2.24, 2.45) is 4.99 Å². The Morgan fingerprint density at radius 1 is 1.04 bits per heavy atom. The molecule has 0 radical (unpaired) electrons. The quantitative estimate of drug-likeness (QED) is 0.632. The van der Waals surface area contributed by atoms with Crippen LogP contribution in [-0.2, 0) is 13.0 Å². The Morgan fingerprint density at radius 3 is 2.39 bits per heavy atom. The summed E-state index contributed by atoms with van der Waals surface area (Å²) in [5, 5.41) is 6.63. The molecule has 1 atom stereocenters. The van der Waals surface area contributed by atoms with Crippen LogP contribution in [0.15, 0.2) is 59.6 Å². The van der Waals surface area contributed by atoms with E-state index in [1.165, 1.54) is 17.7 Å². The average molecular weight is 313 g/mol. The third-order valence-electron chi connectivity index (χ3n) is 3.69. The SMILES string of the molecule is CN=C(NCc1ccc(F)cc1)NC(C)CCc1ccccc1. The van der Waals surface area contributed by atoms with Gasteiger partial charge in [0.1, 0.15) is 5.82 Å². The topological polar surface area (TPSA) is 36.4 Å². The lowest BCUT2D eigenvalue weighted by Gasteiger charge is -2.18. The van der Waals surface area contributed by atoms with Gasteiger partial charge in [0, 0.05) is 19.6 Å². The fourth-order valence-electron chi connectivity index (χ4n) is 2.32. The predicted molar refractivity (Wildman–Crippen MR) is 94.0 cm³/mol. The molecule has 0 aliphatic carbocycles. The summed E-state index contributed by atoms with van der Waals surface area (Å²) in [6.07, 6.45) is 2.06. The molecule has 0 aromatic heterocycles. The monoisotopic (exact) mass is 313 g/mol. The molecule has 2 aromatic rings. The molecule has 23 heavy (non-hydrogen) atoms. The molecule has 0 amide bonds. The molecule has 3 nitrogen and oxygen atoms in total. The second-order valence-corrected chi connectivity index (χ2v) is 5.62. The van der Waals surface area contributed by atoms with E-state index in [9.17, 15) is 4.39 Å². The van der Waals surface area contributed by atoms with Crippen molar-refractivity contribution < 1.29 is 4.39 Å². The maximum atomic E-state index is 12.9. The zero-order valence-corrected chi connectivity index (χ0v) is 13.7. The Kier molecular flexibility index (Phi) is 6.60. The number of aliphatic imine (C=N–C) groups is 1. The third kappa shape index (κ3) is 6.10. The maximum absolute atomic E-state index is 12.9. The van der Waals surface area contributed by atoms with Crippen molar-refractivity contribution in [2.75, 3.05) is 7.05 Å². The first-order valence-electron chi connectivity index (χ1n) is 7.93. The zero-order valence-electron chi connectivity index (χ0n) is 13.7. The second-order valence-electron chi connectivity index (χ2n) is 5.62. The molecule has 0 fully saturated rings. The van der Waals surface area contributed by atoms with Gasteiger partial charge in [0.15, 0.2) is 5.96 Å². The van der Waals surface area contributed by atoms with E-state index in [4.69, 9.17) is 0 Å². The smallest absolute Gasteiger partial charge is 0.191 e. The van der Waals surface area contributed by atoms with Gasteiger partial charge in [-0.05, 0) is 43.0 Å². The van der Waals surface area contributed by atoms with Crippen LogP contribution in [0, 0.1) is 5.82 Å². The van der Waals surface area contributed by atoms with Gasteiger partial charge in [-0.15, -0.1) is 0 Å². The van der Waals surface area contributed by atoms with E-state index in [1.54, 1.807) is 19.2 Å². The molecule has 0 aliphatic heterocycles. The normalized spacial score (nSPS) is 12.7. The largest absolute Gasteiger partial charge is 0.354 e. The van der Waals surface area contributed by atoms with Crippen LogP contribution in [0.25, 0.3) is 0 Å². The fourth-order valence-corrected chi connectivity index (χ4v) is 2.32. The van der Waals surface area contributed by atoms with E-state index in [1.807, 2.05) is 6.07 Å². The van der Waals surface area contributed by atoms with Crippen molar-refractivity contribution in [1.82, 2.24) is 10.6 Å². The molecule has 0 aliphatic rings. The molecule has 2 rings (SSSR count). The van der Waals surface area contributed by atoms with Gasteiger partial charge in [-0.25, -0.2) is 4.39 Å². The van der Waals surface area contributed by atoms with E-state index in [-0.39, 0.29) is 5.82 Å². The van der Waals surface area contributed by atoms with Gasteiger partial charge >= 0.3 is 0 Å². The third-order valence-corrected chi connectivity index (χ3v) is 3.69. The Bertz CT molecular complexity index is 608.